The van der Waals surface area contributed by atoms with Gasteiger partial charge in [-0.3, -0.25) is 33.8 Å². The van der Waals surface area contributed by atoms with Gasteiger partial charge in [-0.25, -0.2) is 39.9 Å². The van der Waals surface area contributed by atoms with Gasteiger partial charge in [0.05, 0.1) is 11.8 Å². The van der Waals surface area contributed by atoms with E-state index in [0.29, 0.717) is 18.5 Å². The third-order valence-corrected chi connectivity index (χ3v) is 29.8. The second-order valence-electron chi connectivity index (χ2n) is 32.2. The number of para-hydroxylation sites is 2. The van der Waals surface area contributed by atoms with Crippen LogP contribution in [0.3, 0.4) is 0 Å². The van der Waals surface area contributed by atoms with Crippen molar-refractivity contribution in [1.82, 2.24) is 49.3 Å². The lowest BCUT2D eigenvalue weighted by molar-refractivity contribution is -0.137. The van der Waals surface area contributed by atoms with Gasteiger partial charge in [0.1, 0.15) is 34.8 Å². The molecule has 2 saturated heterocycles. The van der Waals surface area contributed by atoms with E-state index >= 15 is 0 Å². The lowest BCUT2D eigenvalue weighted by Crippen LogP contribution is -2.62. The molecule has 8 N–H and O–H groups in total. The quantitative estimate of drug-likeness (QED) is 0.0616. The summed E-state index contributed by atoms with van der Waals surface area (Å²) in [6.07, 6.45) is 27.1. The van der Waals surface area contributed by atoms with E-state index in [1.807, 2.05) is 60.7 Å². The Hall–Kier alpha value is -11.2. The third-order valence-electron chi connectivity index (χ3n) is 24.9. The summed E-state index contributed by atoms with van der Waals surface area (Å²) in [4.78, 5) is 92.1. The van der Waals surface area contributed by atoms with Gasteiger partial charge in [-0.05, 0) is 217 Å². The Labute approximate surface area is 726 Å². The maximum Gasteiger partial charge on any atom is 0.261 e. The standard InChI is InChI=1S/2C25H28N6OS.C22H24BrN5S.C20H21N3OS/c2*1-25(21-12-18(15-33-21)19-13-27-16-28-14-19)22(23(32)30(2)24(26)29-25)17-8-10-31(11-9-17)20-6-4-3-5-7-20;1-21(19-14-18(23)15-29-19)22(28-13-7-12-25-28,16-27(2)20(24)26-21)11-6-10-17-8-4-3-5-9-17;1-23-18(24)20(15-9-10-15,22-19(23)21)16-7-3-5-13(11-16)14-6-4-8-17(12-14)25-2/h2*3-7,12-17,22H,8-11H2,1-2H3,(H2,26,29);3-10,12-15H,11,16H2,1-2H3,(H2,24,26);3-8,11-12,15H,9-10H2,1-2H3,(H2,21,22)/b;;10-6+;/t22-,25+;22-,25-;21-,22-;20-/m0111/s1. The molecule has 3 fully saturated rings. The second-order valence-corrected chi connectivity index (χ2v) is 36.7. The van der Waals surface area contributed by atoms with Crippen molar-refractivity contribution in [2.75, 3.05) is 77.0 Å². The Morgan fingerprint density at radius 2 is 1.00 bits per heavy atom. The number of nitrogens with two attached hydrogens (primary N) is 4. The summed E-state index contributed by atoms with van der Waals surface area (Å²) < 4.78 is 3.11. The van der Waals surface area contributed by atoms with Crippen molar-refractivity contribution >= 4 is 121 Å². The Morgan fingerprint density at radius 1 is 0.508 bits per heavy atom. The molecule has 11 aromatic rings. The van der Waals surface area contributed by atoms with Gasteiger partial charge in [-0.2, -0.15) is 5.10 Å². The summed E-state index contributed by atoms with van der Waals surface area (Å²) in [5.74, 6) is 1.70. The first kappa shape index (κ1) is 83.9. The highest BCUT2D eigenvalue weighted by atomic mass is 79.9. The molecule has 18 rings (SSSR count). The average Bonchev–Trinajstić information content (AvgIpc) is 1.24. The number of aliphatic imine (C=N–C) groups is 4. The zero-order chi connectivity index (χ0) is 84.1. The van der Waals surface area contributed by atoms with E-state index in [1.54, 1.807) is 91.7 Å². The van der Waals surface area contributed by atoms with Crippen molar-refractivity contribution in [1.29, 1.82) is 0 Å². The number of carbonyl (C=O) groups excluding carboxylic acids is 3. The molecule has 23 nitrogen and oxygen atoms in total. The highest BCUT2D eigenvalue weighted by Crippen LogP contribution is 2.54. The van der Waals surface area contributed by atoms with Gasteiger partial charge in [0.25, 0.3) is 5.91 Å². The molecule has 618 valence electrons. The first-order valence-corrected chi connectivity index (χ1v) is 45.1. The lowest BCUT2D eigenvalue weighted by Gasteiger charge is -2.51. The lowest BCUT2D eigenvalue weighted by atomic mass is 9.70. The van der Waals surface area contributed by atoms with Crippen LogP contribution in [0.2, 0.25) is 0 Å². The van der Waals surface area contributed by atoms with Crippen LogP contribution in [0.1, 0.15) is 91.5 Å². The molecule has 12 heterocycles. The molecule has 7 atom stereocenters. The maximum atomic E-state index is 13.6. The number of likely N-dealkylation sites (N-methyl/N-ethyl adjacent to an activating group) is 2. The van der Waals surface area contributed by atoms with Crippen LogP contribution >= 0.6 is 61.7 Å². The number of hydrogen-bond donors (Lipinski definition) is 4. The Balaban J connectivity index is 0.000000125. The molecule has 0 radical (unpaired) electrons. The zero-order valence-electron chi connectivity index (χ0n) is 68.7. The number of benzene rings is 5. The van der Waals surface area contributed by atoms with E-state index in [2.05, 4.69) is 243 Å². The van der Waals surface area contributed by atoms with Crippen LogP contribution in [-0.4, -0.2) is 158 Å². The molecule has 1 saturated carbocycles. The van der Waals surface area contributed by atoms with Gasteiger partial charge in [-0.1, -0.05) is 109 Å². The van der Waals surface area contributed by atoms with Crippen LogP contribution in [0.4, 0.5) is 11.4 Å². The Morgan fingerprint density at radius 3 is 1.47 bits per heavy atom. The van der Waals surface area contributed by atoms with Gasteiger partial charge in [0.15, 0.2) is 29.4 Å². The van der Waals surface area contributed by atoms with Crippen molar-refractivity contribution < 1.29 is 14.4 Å². The van der Waals surface area contributed by atoms with E-state index in [9.17, 15) is 14.4 Å². The van der Waals surface area contributed by atoms with Crippen LogP contribution in [0, 0.1) is 29.6 Å². The number of aromatic nitrogens is 6. The number of guanidine groups is 4. The number of halogens is 1. The van der Waals surface area contributed by atoms with Gasteiger partial charge >= 0.3 is 0 Å². The van der Waals surface area contributed by atoms with E-state index in [1.165, 1.54) is 49.2 Å². The number of thioether (sulfide) groups is 1. The largest absolute Gasteiger partial charge is 0.372 e. The number of hydrogen-bond acceptors (Lipinski definition) is 23. The molecule has 6 aliphatic heterocycles. The van der Waals surface area contributed by atoms with E-state index in [4.69, 9.17) is 37.9 Å². The maximum absolute atomic E-state index is 13.6. The topological polar surface area (TPSA) is 294 Å². The monoisotopic (exact) mass is 1740 g/mol. The molecule has 3 amide bonds. The summed E-state index contributed by atoms with van der Waals surface area (Å²) in [6.45, 7) is 10.7. The Bertz CT molecular complexity index is 5390. The van der Waals surface area contributed by atoms with E-state index in [0.717, 1.165) is 129 Å². The molecule has 5 aromatic carbocycles. The fourth-order valence-electron chi connectivity index (χ4n) is 17.9. The molecule has 7 aliphatic rings. The van der Waals surface area contributed by atoms with Crippen molar-refractivity contribution in [2.45, 2.75) is 98.3 Å². The molecular weight excluding hydrogens is 1640 g/mol. The van der Waals surface area contributed by atoms with Crippen molar-refractivity contribution in [2.24, 2.45) is 72.5 Å². The average molecular weight is 1740 g/mol. The number of rotatable bonds is 17. The fourth-order valence-corrected chi connectivity index (χ4v) is 22.1. The minimum absolute atomic E-state index is 0.0116. The first-order chi connectivity index (χ1) is 57.9. The number of anilines is 2. The van der Waals surface area contributed by atoms with Crippen LogP contribution in [0.25, 0.3) is 39.5 Å². The number of thiophene rings is 3. The highest BCUT2D eigenvalue weighted by molar-refractivity contribution is 9.10. The highest BCUT2D eigenvalue weighted by Gasteiger charge is 2.59. The van der Waals surface area contributed by atoms with Crippen molar-refractivity contribution in [3.05, 3.63) is 266 Å². The second kappa shape index (κ2) is 35.6. The zero-order valence-corrected chi connectivity index (χ0v) is 73.5. The smallest absolute Gasteiger partial charge is 0.261 e. The molecule has 0 bridgehead atoms. The number of carbonyl (C=O) groups is 3. The number of nitrogens with zero attached hydrogens (tertiary/aromatic N) is 16. The van der Waals surface area contributed by atoms with Crippen molar-refractivity contribution in [3.8, 4) is 33.4 Å². The summed E-state index contributed by atoms with van der Waals surface area (Å²) in [5.41, 5.74) is 32.3. The summed E-state index contributed by atoms with van der Waals surface area (Å²) in [5, 5.41) is 10.9. The van der Waals surface area contributed by atoms with Gasteiger partial charge in [0.2, 0.25) is 11.8 Å². The minimum atomic E-state index is -0.841. The predicted molar refractivity (Wildman–Crippen MR) is 490 cm³/mol. The van der Waals surface area contributed by atoms with Crippen LogP contribution in [0.15, 0.2) is 265 Å². The third kappa shape index (κ3) is 16.8. The molecule has 0 spiro atoms. The summed E-state index contributed by atoms with van der Waals surface area (Å²) in [7, 11) is 7.15. The molecular formula is C92H101BrN20O3S4. The van der Waals surface area contributed by atoms with E-state index < -0.39 is 27.7 Å². The minimum Gasteiger partial charge on any atom is -0.372 e. The number of allylic oxidation sites excluding steroid dienone is 1. The SMILES string of the molecule is CN1C(=O)[C@@H](C2CCN(c3ccccc3)CC2)[C@@](C)(c2cc(-c3cncnc3)cs2)N=C1N.CN1C(=O)[C@H](C2CCN(c3ccccc3)CC2)[C@@](C)(c2cc(-c3cncnc3)cs2)N=C1N.CN1C[C@@](C/C=C/c2ccccc2)(n2cccn2)[C@@](C)(c2cc(Br)cs2)N=C1N.CSc1cccc(-c2cccc([C@@]3(C4CC4)N=C(N)N(C)C3=O)c2)c1. The van der Waals surface area contributed by atoms with Crippen molar-refractivity contribution in [3.63, 3.8) is 0 Å². The van der Waals surface area contributed by atoms with Gasteiger partial charge < -0.3 is 37.6 Å². The van der Waals surface area contributed by atoms with Gasteiger partial charge in [-0.15, -0.1) is 45.8 Å². The predicted octanol–water partition coefficient (Wildman–Crippen LogP) is 15.6. The molecule has 120 heavy (non-hydrogen) atoms. The summed E-state index contributed by atoms with van der Waals surface area (Å²) in [6, 6.07) is 56.3. The van der Waals surface area contributed by atoms with E-state index in [-0.39, 0.29) is 59.2 Å². The van der Waals surface area contributed by atoms with Gasteiger partial charge in [0, 0.05) is 150 Å². The first-order valence-electron chi connectivity index (χ1n) is 40.4. The molecule has 6 aromatic heterocycles. The number of piperidine rings is 2. The molecule has 1 aliphatic carbocycles. The summed E-state index contributed by atoms with van der Waals surface area (Å²) >= 11 is 10.3. The Kier molecular flexibility index (Phi) is 24.9. The molecule has 28 heteroatoms. The van der Waals surface area contributed by atoms with Crippen LogP contribution in [-0.2, 0) is 42.1 Å². The normalized spacial score (nSPS) is 24.1. The van der Waals surface area contributed by atoms with Crippen LogP contribution in [0.5, 0.6) is 0 Å². The fraction of sp³-hybridized carbons (Fsp3) is 0.326. The molecule has 0 unspecified atom stereocenters. The van der Waals surface area contributed by atoms with Crippen LogP contribution < -0.4 is 32.7 Å². The number of amides is 3.